The third kappa shape index (κ3) is 5.47. The summed E-state index contributed by atoms with van der Waals surface area (Å²) in [5.74, 6) is 0.410. The lowest BCUT2D eigenvalue weighted by Crippen LogP contribution is -2.43. The summed E-state index contributed by atoms with van der Waals surface area (Å²) in [4.78, 5) is 21.9. The molecular weight excluding hydrogens is 276 g/mol. The number of hydrogen-bond donors (Lipinski definition) is 4. The minimum atomic E-state index is -1.24. The highest BCUT2D eigenvalue weighted by Gasteiger charge is 2.28. The second kappa shape index (κ2) is 7.12. The molecule has 0 aromatic carbocycles. The first-order valence-electron chi connectivity index (χ1n) is 6.76. The highest BCUT2D eigenvalue weighted by atomic mass is 16.4. The fourth-order valence-electron chi connectivity index (χ4n) is 2.02. The van der Waals surface area contributed by atoms with E-state index in [9.17, 15) is 14.7 Å². The summed E-state index contributed by atoms with van der Waals surface area (Å²) >= 11 is 0. The topological polar surface area (TPSA) is 112 Å². The van der Waals surface area contributed by atoms with Gasteiger partial charge in [-0.05, 0) is 33.3 Å². The summed E-state index contributed by atoms with van der Waals surface area (Å²) in [5, 5.41) is 24.0. The predicted molar refractivity (Wildman–Crippen MR) is 76.0 cm³/mol. The first kappa shape index (κ1) is 17.0. The van der Waals surface area contributed by atoms with Gasteiger partial charge >= 0.3 is 12.0 Å². The number of carbonyl (C=O) groups excluding carboxylic acids is 1. The second-order valence-corrected chi connectivity index (χ2v) is 5.21. The van der Waals surface area contributed by atoms with E-state index in [0.717, 1.165) is 0 Å². The van der Waals surface area contributed by atoms with Gasteiger partial charge in [-0.1, -0.05) is 0 Å². The lowest BCUT2D eigenvalue weighted by molar-refractivity contribution is -0.137. The van der Waals surface area contributed by atoms with Gasteiger partial charge in [-0.25, -0.2) is 4.79 Å². The van der Waals surface area contributed by atoms with Crippen LogP contribution in [0.1, 0.15) is 36.8 Å². The Kier molecular flexibility index (Phi) is 5.78. The van der Waals surface area contributed by atoms with Crippen LogP contribution in [0, 0.1) is 13.8 Å². The van der Waals surface area contributed by atoms with Crippen molar-refractivity contribution in [2.45, 2.75) is 39.2 Å². The summed E-state index contributed by atoms with van der Waals surface area (Å²) < 4.78 is 5.37. The van der Waals surface area contributed by atoms with E-state index >= 15 is 0 Å². The summed E-state index contributed by atoms with van der Waals surface area (Å²) in [6.07, 6.45) is 0.366. The first-order chi connectivity index (χ1) is 9.72. The van der Waals surface area contributed by atoms with Gasteiger partial charge in [-0.15, -0.1) is 0 Å². The molecule has 1 aromatic rings. The van der Waals surface area contributed by atoms with Crippen molar-refractivity contribution in [2.75, 3.05) is 13.1 Å². The molecule has 1 rings (SSSR count). The van der Waals surface area contributed by atoms with Crippen molar-refractivity contribution in [3.8, 4) is 0 Å². The maximum absolute atomic E-state index is 11.6. The standard InChI is InChI=1S/C14H22N2O5/c1-9-7-11(10(2)21-9)14(3,20)8-16-13(19)15-6-4-5-12(17)18/h7,20H,4-6,8H2,1-3H3,(H,17,18)(H2,15,16,19). The number of carboxylic acids is 1. The van der Waals surface area contributed by atoms with Crippen molar-refractivity contribution in [3.05, 3.63) is 23.2 Å². The number of aliphatic hydroxyl groups is 1. The highest BCUT2D eigenvalue weighted by molar-refractivity contribution is 5.74. The molecule has 0 aliphatic carbocycles. The van der Waals surface area contributed by atoms with Crippen LogP contribution in [0.15, 0.2) is 10.5 Å². The van der Waals surface area contributed by atoms with E-state index in [2.05, 4.69) is 10.6 Å². The van der Waals surface area contributed by atoms with Crippen molar-refractivity contribution in [2.24, 2.45) is 0 Å². The average molecular weight is 298 g/mol. The number of aliphatic carboxylic acids is 1. The van der Waals surface area contributed by atoms with E-state index in [1.165, 1.54) is 0 Å². The Morgan fingerprint density at radius 3 is 2.52 bits per heavy atom. The number of carbonyl (C=O) groups is 2. The van der Waals surface area contributed by atoms with Crippen molar-refractivity contribution < 1.29 is 24.2 Å². The zero-order valence-corrected chi connectivity index (χ0v) is 12.5. The van der Waals surface area contributed by atoms with Crippen LogP contribution >= 0.6 is 0 Å². The normalized spacial score (nSPS) is 13.5. The molecule has 7 nitrogen and oxygen atoms in total. The number of furan rings is 1. The van der Waals surface area contributed by atoms with Crippen LogP contribution in [-0.4, -0.2) is 35.3 Å². The van der Waals surface area contributed by atoms with Crippen LogP contribution in [0.3, 0.4) is 0 Å². The molecule has 0 saturated carbocycles. The molecule has 0 bridgehead atoms. The van der Waals surface area contributed by atoms with Crippen molar-refractivity contribution in [3.63, 3.8) is 0 Å². The molecule has 1 atom stereocenters. The van der Waals surface area contributed by atoms with Gasteiger partial charge in [0.1, 0.15) is 17.1 Å². The maximum atomic E-state index is 11.6. The molecule has 21 heavy (non-hydrogen) atoms. The number of aryl methyl sites for hydroxylation is 2. The summed E-state index contributed by atoms with van der Waals surface area (Å²) in [6.45, 7) is 5.43. The van der Waals surface area contributed by atoms with Gasteiger partial charge in [-0.2, -0.15) is 0 Å². The van der Waals surface area contributed by atoms with Crippen molar-refractivity contribution in [1.29, 1.82) is 0 Å². The van der Waals surface area contributed by atoms with Crippen LogP contribution in [0.4, 0.5) is 4.79 Å². The van der Waals surface area contributed by atoms with E-state index in [-0.39, 0.29) is 19.5 Å². The van der Waals surface area contributed by atoms with Crippen LogP contribution in [-0.2, 0) is 10.4 Å². The molecule has 0 aliphatic heterocycles. The molecule has 0 fully saturated rings. The number of carboxylic acid groups (broad SMARTS) is 1. The van der Waals surface area contributed by atoms with Gasteiger partial charge in [0.2, 0.25) is 0 Å². The molecule has 1 unspecified atom stereocenters. The third-order valence-electron chi connectivity index (χ3n) is 3.07. The minimum Gasteiger partial charge on any atom is -0.481 e. The maximum Gasteiger partial charge on any atom is 0.314 e. The quantitative estimate of drug-likeness (QED) is 0.566. The minimum absolute atomic E-state index is 0.00544. The Balaban J connectivity index is 2.41. The summed E-state index contributed by atoms with van der Waals surface area (Å²) in [7, 11) is 0. The SMILES string of the molecule is Cc1cc(C(C)(O)CNC(=O)NCCCC(=O)O)c(C)o1. The Hall–Kier alpha value is -2.02. The molecule has 118 valence electrons. The van der Waals surface area contributed by atoms with E-state index in [1.54, 1.807) is 26.8 Å². The van der Waals surface area contributed by atoms with Crippen molar-refractivity contribution in [1.82, 2.24) is 10.6 Å². The lowest BCUT2D eigenvalue weighted by atomic mass is 9.96. The molecule has 7 heteroatoms. The lowest BCUT2D eigenvalue weighted by Gasteiger charge is -2.23. The zero-order valence-electron chi connectivity index (χ0n) is 12.5. The van der Waals surface area contributed by atoms with Gasteiger partial charge < -0.3 is 25.3 Å². The van der Waals surface area contributed by atoms with E-state index in [0.29, 0.717) is 23.5 Å². The Bertz CT molecular complexity index is 507. The van der Waals surface area contributed by atoms with Gasteiger partial charge in [0.15, 0.2) is 0 Å². The van der Waals surface area contributed by atoms with Crippen molar-refractivity contribution >= 4 is 12.0 Å². The van der Waals surface area contributed by atoms with Crippen LogP contribution in [0.25, 0.3) is 0 Å². The summed E-state index contributed by atoms with van der Waals surface area (Å²) in [5.41, 5.74) is -0.605. The molecule has 0 radical (unpaired) electrons. The molecule has 4 N–H and O–H groups in total. The fourth-order valence-corrected chi connectivity index (χ4v) is 2.02. The first-order valence-corrected chi connectivity index (χ1v) is 6.76. The molecular formula is C14H22N2O5. The molecule has 2 amide bonds. The van der Waals surface area contributed by atoms with Gasteiger partial charge in [0.25, 0.3) is 0 Å². The van der Waals surface area contributed by atoms with Crippen LogP contribution in [0.5, 0.6) is 0 Å². The number of rotatable bonds is 7. The summed E-state index contributed by atoms with van der Waals surface area (Å²) in [6, 6.07) is 1.29. The number of amides is 2. The van der Waals surface area contributed by atoms with Crippen LogP contribution < -0.4 is 10.6 Å². The highest BCUT2D eigenvalue weighted by Crippen LogP contribution is 2.26. The number of urea groups is 1. The Labute approximate surface area is 123 Å². The Morgan fingerprint density at radius 2 is 2.00 bits per heavy atom. The molecule has 1 aromatic heterocycles. The van der Waals surface area contributed by atoms with Crippen LogP contribution in [0.2, 0.25) is 0 Å². The average Bonchev–Trinajstić information content (AvgIpc) is 2.72. The van der Waals surface area contributed by atoms with Gasteiger partial charge in [-0.3, -0.25) is 4.79 Å². The molecule has 1 heterocycles. The fraction of sp³-hybridized carbons (Fsp3) is 0.571. The number of nitrogens with one attached hydrogen (secondary N) is 2. The van der Waals surface area contributed by atoms with E-state index in [4.69, 9.17) is 9.52 Å². The van der Waals surface area contributed by atoms with E-state index < -0.39 is 17.6 Å². The molecule has 0 spiro atoms. The smallest absolute Gasteiger partial charge is 0.314 e. The molecule has 0 saturated heterocycles. The zero-order chi connectivity index (χ0) is 16.0. The van der Waals surface area contributed by atoms with E-state index in [1.807, 2.05) is 0 Å². The second-order valence-electron chi connectivity index (χ2n) is 5.21. The van der Waals surface area contributed by atoms with Gasteiger partial charge in [0, 0.05) is 18.5 Å². The van der Waals surface area contributed by atoms with Gasteiger partial charge in [0.05, 0.1) is 6.54 Å². The number of hydrogen-bond acceptors (Lipinski definition) is 4. The predicted octanol–water partition coefficient (Wildman–Crippen LogP) is 1.27. The Morgan fingerprint density at radius 1 is 1.33 bits per heavy atom. The largest absolute Gasteiger partial charge is 0.481 e. The monoisotopic (exact) mass is 298 g/mol. The third-order valence-corrected chi connectivity index (χ3v) is 3.07. The molecule has 0 aliphatic rings.